The number of ether oxygens (including phenoxy) is 2. The molecular weight excluding hydrogens is 737 g/mol. The minimum absolute atomic E-state index is 0.00544. The van der Waals surface area contributed by atoms with E-state index >= 15 is 0 Å². The van der Waals surface area contributed by atoms with Gasteiger partial charge in [0.15, 0.2) is 0 Å². The lowest BCUT2D eigenvalue weighted by atomic mass is 10.0. The highest BCUT2D eigenvalue weighted by Gasteiger charge is 2.41. The molecule has 2 saturated heterocycles. The second-order valence-electron chi connectivity index (χ2n) is 16.6. The van der Waals surface area contributed by atoms with E-state index in [4.69, 9.17) is 14.5 Å². The van der Waals surface area contributed by atoms with E-state index in [2.05, 4.69) is 94.4 Å². The molecule has 6 atom stereocenters. The maximum Gasteiger partial charge on any atom is 0.407 e. The van der Waals surface area contributed by atoms with Crippen molar-refractivity contribution in [2.75, 3.05) is 47.9 Å². The zero-order valence-electron chi connectivity index (χ0n) is 35.7. The van der Waals surface area contributed by atoms with Crippen LogP contribution < -0.4 is 16.0 Å². The monoisotopic (exact) mass is 798 g/mol. The molecule has 1 aromatic heterocycles. The normalized spacial score (nSPS) is 20.5. The van der Waals surface area contributed by atoms with Gasteiger partial charge in [-0.2, -0.15) is 0 Å². The van der Waals surface area contributed by atoms with Gasteiger partial charge in [0.25, 0.3) is 0 Å². The van der Waals surface area contributed by atoms with Crippen LogP contribution in [0.1, 0.15) is 71.8 Å². The minimum atomic E-state index is -0.697. The summed E-state index contributed by atoms with van der Waals surface area (Å²) < 4.78 is 9.57. The maximum atomic E-state index is 13.7. The molecule has 2 aliphatic heterocycles. The zero-order chi connectivity index (χ0) is 42.3. The number of nitrogens with one attached hydrogen (secondary N) is 4. The Balaban J connectivity index is 1.24. The van der Waals surface area contributed by atoms with E-state index in [1.807, 2.05) is 57.8 Å². The largest absolute Gasteiger partial charge is 0.453 e. The highest BCUT2D eigenvalue weighted by atomic mass is 16.5. The van der Waals surface area contributed by atoms with Crippen LogP contribution in [-0.2, 0) is 19.1 Å². The van der Waals surface area contributed by atoms with Gasteiger partial charge in [-0.25, -0.2) is 14.6 Å². The summed E-state index contributed by atoms with van der Waals surface area (Å²) in [5.74, 6) is 0.949. The van der Waals surface area contributed by atoms with Gasteiger partial charge in [-0.1, -0.05) is 90.1 Å². The molecule has 0 saturated carbocycles. The quantitative estimate of drug-likeness (QED) is 0.151. The van der Waals surface area contributed by atoms with Crippen LogP contribution in [0.5, 0.6) is 0 Å². The molecule has 3 heterocycles. The lowest BCUT2D eigenvalue weighted by molar-refractivity contribution is -0.136. The molecule has 2 aliphatic rings. The van der Waals surface area contributed by atoms with Gasteiger partial charge >= 0.3 is 12.2 Å². The van der Waals surface area contributed by atoms with Gasteiger partial charge in [-0.3, -0.25) is 9.59 Å². The molecule has 14 nitrogen and oxygen atoms in total. The van der Waals surface area contributed by atoms with Crippen LogP contribution in [0.2, 0.25) is 0 Å². The van der Waals surface area contributed by atoms with E-state index in [-0.39, 0.29) is 41.7 Å². The summed E-state index contributed by atoms with van der Waals surface area (Å²) in [4.78, 5) is 65.4. The van der Waals surface area contributed by atoms with Crippen LogP contribution in [0.15, 0.2) is 60.9 Å². The number of amides is 4. The van der Waals surface area contributed by atoms with E-state index in [0.29, 0.717) is 25.6 Å². The Bertz CT molecular complexity index is 1910. The number of methoxy groups -OCH3 is 2. The predicted octanol–water partition coefficient (Wildman–Crippen LogP) is 6.10. The van der Waals surface area contributed by atoms with Crippen molar-refractivity contribution >= 4 is 29.7 Å². The number of carbonyl (C=O) groups excluding carboxylic acids is 4. The number of H-pyrrole nitrogens is 1. The number of likely N-dealkylation sites (tertiary alicyclic amines) is 2. The number of alkyl carbamates (subject to hydrolysis) is 2. The summed E-state index contributed by atoms with van der Waals surface area (Å²) in [6, 6.07) is 15.1. The third-order valence-corrected chi connectivity index (χ3v) is 11.2. The fourth-order valence-electron chi connectivity index (χ4n) is 8.13. The number of imidazole rings is 1. The Morgan fingerprint density at radius 1 is 0.810 bits per heavy atom. The van der Waals surface area contributed by atoms with Gasteiger partial charge in [0.2, 0.25) is 11.8 Å². The maximum absolute atomic E-state index is 13.7. The van der Waals surface area contributed by atoms with E-state index < -0.39 is 24.3 Å². The van der Waals surface area contributed by atoms with Gasteiger partial charge in [0.05, 0.1) is 37.8 Å². The molecule has 0 radical (unpaired) electrons. The summed E-state index contributed by atoms with van der Waals surface area (Å²) >= 11 is 0. The molecule has 3 unspecified atom stereocenters. The number of benzene rings is 2. The van der Waals surface area contributed by atoms with Gasteiger partial charge < -0.3 is 45.1 Å². The Hall–Kier alpha value is -5.53. The smallest absolute Gasteiger partial charge is 0.407 e. The molecule has 0 bridgehead atoms. The lowest BCUT2D eigenvalue weighted by Gasteiger charge is -2.32. The van der Waals surface area contributed by atoms with Crippen molar-refractivity contribution in [1.82, 2.24) is 40.6 Å². The molecule has 5 rings (SSSR count). The number of rotatable bonds is 14. The number of nitrogens with zero attached hydrogens (tertiary/aromatic N) is 4. The first-order valence-electron chi connectivity index (χ1n) is 20.3. The highest BCUT2D eigenvalue weighted by Crippen LogP contribution is 2.36. The zero-order valence-corrected chi connectivity index (χ0v) is 35.7. The number of likely N-dealkylation sites (N-methyl/N-ethyl adjacent to an activating group) is 1. The molecule has 2 aromatic carbocycles. The average molecular weight is 799 g/mol. The minimum Gasteiger partial charge on any atom is -0.453 e. The van der Waals surface area contributed by atoms with Crippen LogP contribution in [0.4, 0.5) is 9.59 Å². The third kappa shape index (κ3) is 10.3. The molecule has 4 amide bonds. The predicted molar refractivity (Wildman–Crippen MR) is 225 cm³/mol. The fraction of sp³-hybridized carbons (Fsp3) is 0.523. The van der Waals surface area contributed by atoms with E-state index in [9.17, 15) is 19.2 Å². The van der Waals surface area contributed by atoms with Crippen molar-refractivity contribution in [2.45, 2.75) is 78.6 Å². The average Bonchev–Trinajstić information content (AvgIpc) is 3.95. The second-order valence-corrected chi connectivity index (χ2v) is 16.6. The summed E-state index contributed by atoms with van der Waals surface area (Å²) in [6.07, 6.45) is 4.31. The van der Waals surface area contributed by atoms with Crippen LogP contribution in [-0.4, -0.2) is 115 Å². The number of aromatic amines is 1. The van der Waals surface area contributed by atoms with E-state index in [1.54, 1.807) is 0 Å². The molecule has 0 aliphatic carbocycles. The molecule has 2 fully saturated rings. The van der Waals surface area contributed by atoms with Gasteiger partial charge in [0, 0.05) is 46.0 Å². The Kier molecular flexibility index (Phi) is 14.5. The van der Waals surface area contributed by atoms with Crippen molar-refractivity contribution in [3.63, 3.8) is 0 Å². The summed E-state index contributed by atoms with van der Waals surface area (Å²) in [7, 11) is 6.52. The molecule has 58 heavy (non-hydrogen) atoms. The molecular formula is C44H62N8O6. The van der Waals surface area contributed by atoms with Crippen LogP contribution >= 0.6 is 0 Å². The van der Waals surface area contributed by atoms with Crippen molar-refractivity contribution in [2.24, 2.45) is 23.7 Å². The number of aromatic nitrogens is 2. The van der Waals surface area contributed by atoms with E-state index in [0.717, 1.165) is 52.3 Å². The van der Waals surface area contributed by atoms with E-state index in [1.165, 1.54) is 14.2 Å². The van der Waals surface area contributed by atoms with Crippen molar-refractivity contribution in [3.05, 3.63) is 72.3 Å². The Morgan fingerprint density at radius 2 is 1.31 bits per heavy atom. The Morgan fingerprint density at radius 3 is 1.84 bits per heavy atom. The SMILES string of the molecule is CN/C(=C\N(C)CC1C[C@H](C)CN1C(=O)C(NC(=O)OC)C(C)C)c1ccc(-c2ccc(-c3cnc([C@@H]4C[C@H](C)CN4C(=O)C(NC(=O)OC)C(C)C)[nH]3)cc2)cc1. The fourth-order valence-corrected chi connectivity index (χ4v) is 8.13. The van der Waals surface area contributed by atoms with Crippen molar-refractivity contribution in [3.8, 4) is 22.4 Å². The first-order valence-corrected chi connectivity index (χ1v) is 20.3. The first-order chi connectivity index (χ1) is 27.6. The third-order valence-electron chi connectivity index (χ3n) is 11.2. The van der Waals surface area contributed by atoms with Crippen molar-refractivity contribution < 1.29 is 28.7 Å². The number of hydrogen-bond donors (Lipinski definition) is 4. The molecule has 0 spiro atoms. The first kappa shape index (κ1) is 43.6. The second kappa shape index (κ2) is 19.3. The molecule has 4 N–H and O–H groups in total. The summed E-state index contributed by atoms with van der Waals surface area (Å²) in [5.41, 5.74) is 5.98. The topological polar surface area (TPSA) is 161 Å². The number of hydrogen-bond acceptors (Lipinski definition) is 9. The van der Waals surface area contributed by atoms with Crippen molar-refractivity contribution in [1.29, 1.82) is 0 Å². The molecule has 314 valence electrons. The lowest BCUT2D eigenvalue weighted by Crippen LogP contribution is -2.53. The van der Waals surface area contributed by atoms with Gasteiger partial charge in [-0.05, 0) is 58.8 Å². The standard InChI is InChI=1S/C44H62N8O6/c1-26(2)38(48-43(55)57-9)41(53)51-22-28(5)19-34(51)24-50(8)25-36(45-7)33-17-13-31(14-18-33)30-11-15-32(16-12-30)35-21-46-40(47-35)37-20-29(6)23-52(37)42(54)39(27(3)4)49-44(56)58-10/h11-18,21,25-29,34,37-39,45H,19-20,22-24H2,1-10H3,(H,46,47)(H,48,55)(H,49,56)/b36-25-/t28-,29-,34?,37-,38?,39?/m0/s1. The number of carbonyl (C=O) groups is 4. The van der Waals surface area contributed by atoms with Crippen LogP contribution in [0, 0.1) is 23.7 Å². The Labute approximate surface area is 343 Å². The highest BCUT2D eigenvalue weighted by molar-refractivity contribution is 5.87. The van der Waals surface area contributed by atoms with Crippen LogP contribution in [0.3, 0.4) is 0 Å². The van der Waals surface area contributed by atoms with Gasteiger partial charge in [0.1, 0.15) is 17.9 Å². The van der Waals surface area contributed by atoms with Crippen LogP contribution in [0.25, 0.3) is 28.1 Å². The summed E-state index contributed by atoms with van der Waals surface area (Å²) in [5, 5.41) is 8.79. The molecule has 3 aromatic rings. The summed E-state index contributed by atoms with van der Waals surface area (Å²) in [6.45, 7) is 13.8. The molecule has 14 heteroatoms. The van der Waals surface area contributed by atoms with Gasteiger partial charge in [-0.15, -0.1) is 0 Å².